The minimum atomic E-state index is -0.323. The summed E-state index contributed by atoms with van der Waals surface area (Å²) in [6.45, 7) is 8.47. The number of hydrogen-bond donors (Lipinski definition) is 1. The average molecular weight is 330 g/mol. The predicted octanol–water partition coefficient (Wildman–Crippen LogP) is 1.41. The van der Waals surface area contributed by atoms with E-state index in [0.29, 0.717) is 19.6 Å². The van der Waals surface area contributed by atoms with Gasteiger partial charge in [-0.15, -0.1) is 0 Å². The lowest BCUT2D eigenvalue weighted by Crippen LogP contribution is -2.50. The number of hydrazone groups is 1. The van der Waals surface area contributed by atoms with Gasteiger partial charge < -0.3 is 10.0 Å². The second kappa shape index (κ2) is 7.32. The standard InChI is InChI=1S/C18H26N4O2/c1-14-7-8-22(19-14)17-5-3-16(4-6-17)18(24)21-11-9-20(10-12-21)13-15(2)23/h3-6,15,23H,7-13H2,1-2H3/t15-/m1/s1. The largest absolute Gasteiger partial charge is 0.392 e. The number of β-amino-alcohol motifs (C(OH)–C–C–N with tert-alkyl or cyclic N) is 1. The summed E-state index contributed by atoms with van der Waals surface area (Å²) in [5.41, 5.74) is 2.90. The Hall–Kier alpha value is -1.92. The maximum Gasteiger partial charge on any atom is 0.253 e. The van der Waals surface area contributed by atoms with Crippen LogP contribution in [-0.4, -0.2) is 71.9 Å². The van der Waals surface area contributed by atoms with Crippen molar-refractivity contribution in [3.05, 3.63) is 29.8 Å². The van der Waals surface area contributed by atoms with Gasteiger partial charge in [0.2, 0.25) is 0 Å². The van der Waals surface area contributed by atoms with Crippen LogP contribution in [0.4, 0.5) is 5.69 Å². The molecular weight excluding hydrogens is 304 g/mol. The first-order valence-electron chi connectivity index (χ1n) is 8.64. The maximum absolute atomic E-state index is 12.6. The van der Waals surface area contributed by atoms with Gasteiger partial charge in [-0.05, 0) is 38.1 Å². The zero-order chi connectivity index (χ0) is 17.1. The number of piperazine rings is 1. The van der Waals surface area contributed by atoms with E-state index in [2.05, 4.69) is 10.0 Å². The number of anilines is 1. The average Bonchev–Trinajstić information content (AvgIpc) is 3.01. The van der Waals surface area contributed by atoms with Gasteiger partial charge >= 0.3 is 0 Å². The summed E-state index contributed by atoms with van der Waals surface area (Å²) in [4.78, 5) is 16.7. The van der Waals surface area contributed by atoms with Crippen LogP contribution < -0.4 is 5.01 Å². The van der Waals surface area contributed by atoms with Crippen LogP contribution in [0, 0.1) is 0 Å². The first-order valence-corrected chi connectivity index (χ1v) is 8.64. The van der Waals surface area contributed by atoms with Crippen LogP contribution in [0.5, 0.6) is 0 Å². The Kier molecular flexibility index (Phi) is 5.16. The summed E-state index contributed by atoms with van der Waals surface area (Å²) in [6.07, 6.45) is 0.675. The topological polar surface area (TPSA) is 59.4 Å². The van der Waals surface area contributed by atoms with Crippen molar-refractivity contribution in [2.24, 2.45) is 5.10 Å². The molecule has 24 heavy (non-hydrogen) atoms. The highest BCUT2D eigenvalue weighted by molar-refractivity contribution is 5.94. The molecule has 1 amide bonds. The minimum Gasteiger partial charge on any atom is -0.392 e. The third-order valence-electron chi connectivity index (χ3n) is 4.57. The molecule has 2 aliphatic rings. The minimum absolute atomic E-state index is 0.0827. The van der Waals surface area contributed by atoms with Crippen LogP contribution >= 0.6 is 0 Å². The van der Waals surface area contributed by atoms with E-state index in [-0.39, 0.29) is 12.0 Å². The zero-order valence-corrected chi connectivity index (χ0v) is 14.5. The Balaban J connectivity index is 1.58. The Morgan fingerprint density at radius 1 is 1.17 bits per heavy atom. The smallest absolute Gasteiger partial charge is 0.253 e. The van der Waals surface area contributed by atoms with Crippen molar-refractivity contribution in [1.29, 1.82) is 0 Å². The third kappa shape index (κ3) is 3.94. The fourth-order valence-corrected chi connectivity index (χ4v) is 3.23. The van der Waals surface area contributed by atoms with Crippen LogP contribution in [0.15, 0.2) is 29.4 Å². The van der Waals surface area contributed by atoms with E-state index in [9.17, 15) is 9.90 Å². The van der Waals surface area contributed by atoms with Crippen LogP contribution in [0.2, 0.25) is 0 Å². The fraction of sp³-hybridized carbons (Fsp3) is 0.556. The molecule has 0 spiro atoms. The molecule has 1 aromatic rings. The molecule has 1 N–H and O–H groups in total. The van der Waals surface area contributed by atoms with Crippen molar-refractivity contribution < 1.29 is 9.90 Å². The molecule has 0 saturated carbocycles. The first kappa shape index (κ1) is 16.9. The highest BCUT2D eigenvalue weighted by atomic mass is 16.3. The number of rotatable bonds is 4. The van der Waals surface area contributed by atoms with Gasteiger partial charge in [0.25, 0.3) is 5.91 Å². The summed E-state index contributed by atoms with van der Waals surface area (Å²) in [6, 6.07) is 7.73. The van der Waals surface area contributed by atoms with Crippen LogP contribution in [0.1, 0.15) is 30.6 Å². The molecular formula is C18H26N4O2. The number of benzene rings is 1. The molecule has 1 aromatic carbocycles. The van der Waals surface area contributed by atoms with Crippen molar-refractivity contribution >= 4 is 17.3 Å². The SMILES string of the molecule is CC1=NN(c2ccc(C(=O)N3CCN(C[C@@H](C)O)CC3)cc2)CC1. The van der Waals surface area contributed by atoms with E-state index in [1.165, 1.54) is 0 Å². The lowest BCUT2D eigenvalue weighted by Gasteiger charge is -2.35. The molecule has 0 bridgehead atoms. The van der Waals surface area contributed by atoms with Gasteiger partial charge in [0.1, 0.15) is 0 Å². The predicted molar refractivity (Wildman–Crippen MR) is 95.5 cm³/mol. The van der Waals surface area contributed by atoms with Gasteiger partial charge in [-0.1, -0.05) is 0 Å². The first-order chi connectivity index (χ1) is 11.5. The van der Waals surface area contributed by atoms with Crippen molar-refractivity contribution in [3.8, 4) is 0 Å². The number of aliphatic hydroxyl groups excluding tert-OH is 1. The molecule has 0 unspecified atom stereocenters. The van der Waals surface area contributed by atoms with Crippen molar-refractivity contribution in [1.82, 2.24) is 9.80 Å². The number of carbonyl (C=O) groups is 1. The van der Waals surface area contributed by atoms with E-state index in [4.69, 9.17) is 0 Å². The summed E-state index contributed by atoms with van der Waals surface area (Å²) in [7, 11) is 0. The Morgan fingerprint density at radius 2 is 1.83 bits per heavy atom. The van der Waals surface area contributed by atoms with Gasteiger partial charge in [-0.3, -0.25) is 14.7 Å². The zero-order valence-electron chi connectivity index (χ0n) is 14.5. The lowest BCUT2D eigenvalue weighted by molar-refractivity contribution is 0.0554. The van der Waals surface area contributed by atoms with Crippen molar-refractivity contribution in [2.75, 3.05) is 44.3 Å². The van der Waals surface area contributed by atoms with Crippen molar-refractivity contribution in [3.63, 3.8) is 0 Å². The highest BCUT2D eigenvalue weighted by Crippen LogP contribution is 2.20. The maximum atomic E-state index is 12.6. The van der Waals surface area contributed by atoms with E-state index >= 15 is 0 Å². The normalized spacial score (nSPS) is 20.2. The molecule has 0 aliphatic carbocycles. The van der Waals surface area contributed by atoms with Crippen molar-refractivity contribution in [2.45, 2.75) is 26.4 Å². The van der Waals surface area contributed by atoms with Gasteiger partial charge in [0.15, 0.2) is 0 Å². The molecule has 1 saturated heterocycles. The van der Waals surface area contributed by atoms with E-state index in [0.717, 1.165) is 43.0 Å². The van der Waals surface area contributed by atoms with E-state index in [1.54, 1.807) is 6.92 Å². The number of amides is 1. The molecule has 6 heteroatoms. The molecule has 2 heterocycles. The number of hydrogen-bond acceptors (Lipinski definition) is 5. The highest BCUT2D eigenvalue weighted by Gasteiger charge is 2.23. The molecule has 3 rings (SSSR count). The lowest BCUT2D eigenvalue weighted by atomic mass is 10.1. The van der Waals surface area contributed by atoms with Gasteiger partial charge in [-0.25, -0.2) is 0 Å². The third-order valence-corrected chi connectivity index (χ3v) is 4.57. The van der Waals surface area contributed by atoms with Gasteiger partial charge in [0.05, 0.1) is 11.8 Å². The monoisotopic (exact) mass is 330 g/mol. The number of nitrogens with zero attached hydrogens (tertiary/aromatic N) is 4. The van der Waals surface area contributed by atoms with Crippen LogP contribution in [0.25, 0.3) is 0 Å². The van der Waals surface area contributed by atoms with Crippen LogP contribution in [0.3, 0.4) is 0 Å². The molecule has 1 fully saturated rings. The molecule has 6 nitrogen and oxygen atoms in total. The van der Waals surface area contributed by atoms with E-state index < -0.39 is 0 Å². The second-order valence-corrected chi connectivity index (χ2v) is 6.70. The van der Waals surface area contributed by atoms with E-state index in [1.807, 2.05) is 41.1 Å². The summed E-state index contributed by atoms with van der Waals surface area (Å²) in [5, 5.41) is 15.9. The Labute approximate surface area is 143 Å². The van der Waals surface area contributed by atoms with Crippen LogP contribution in [-0.2, 0) is 0 Å². The summed E-state index contributed by atoms with van der Waals surface area (Å²) >= 11 is 0. The number of carbonyl (C=O) groups excluding carboxylic acids is 1. The second-order valence-electron chi connectivity index (χ2n) is 6.70. The van der Waals surface area contributed by atoms with Gasteiger partial charge in [-0.2, -0.15) is 5.10 Å². The molecule has 2 aliphatic heterocycles. The van der Waals surface area contributed by atoms with Gasteiger partial charge in [0, 0.05) is 57.0 Å². The molecule has 0 aromatic heterocycles. The Bertz CT molecular complexity index is 604. The Morgan fingerprint density at radius 3 is 2.38 bits per heavy atom. The quantitative estimate of drug-likeness (QED) is 0.907. The molecule has 1 atom stereocenters. The molecule has 0 radical (unpaired) electrons. The fourth-order valence-electron chi connectivity index (χ4n) is 3.23. The molecule has 130 valence electrons. The number of aliphatic hydroxyl groups is 1. The summed E-state index contributed by atoms with van der Waals surface area (Å²) < 4.78 is 0. The summed E-state index contributed by atoms with van der Waals surface area (Å²) in [5.74, 6) is 0.0827.